The minimum Gasteiger partial charge on any atom is -0.421 e. The Kier molecular flexibility index (Phi) is 5.87. The Bertz CT molecular complexity index is 2100. The Labute approximate surface area is 251 Å². The van der Waals surface area contributed by atoms with Crippen LogP contribution >= 0.6 is 0 Å². The van der Waals surface area contributed by atoms with Crippen LogP contribution in [-0.4, -0.2) is 23.8 Å². The molecule has 2 aliphatic rings. The second-order valence-electron chi connectivity index (χ2n) is 10.3. The number of nitrogen functional groups attached to an aromatic ring is 2. The molecule has 9 heteroatoms. The van der Waals surface area contributed by atoms with Crippen molar-refractivity contribution in [3.8, 4) is 56.9 Å². The molecule has 0 bridgehead atoms. The van der Waals surface area contributed by atoms with E-state index in [1.807, 2.05) is 93.7 Å². The molecular weight excluding hydrogens is 550 g/mol. The van der Waals surface area contributed by atoms with Gasteiger partial charge in [0, 0.05) is 35.7 Å². The number of hydrogen-bond acceptors (Lipinski definition) is 7. The molecule has 4 aromatic heterocycles. The normalized spacial score (nSPS) is 11.4. The lowest BCUT2D eigenvalue weighted by molar-refractivity contribution is 0.443. The summed E-state index contributed by atoms with van der Waals surface area (Å²) in [6, 6.07) is 35.7. The molecule has 8 rings (SSSR count). The third-order valence-corrected chi connectivity index (χ3v) is 7.68. The van der Waals surface area contributed by atoms with Gasteiger partial charge in [0.25, 0.3) is 0 Å². The Balaban J connectivity index is 1.16. The molecule has 0 unspecified atom stereocenters. The summed E-state index contributed by atoms with van der Waals surface area (Å²) in [6.07, 6.45) is 4.77. The molecule has 0 saturated heterocycles. The average Bonchev–Trinajstić information content (AvgIpc) is 3.79. The van der Waals surface area contributed by atoms with E-state index in [4.69, 9.17) is 20.9 Å². The molecule has 2 aromatic carbocycles. The fraction of sp³-hybridized carbons (Fsp3) is 0. The summed E-state index contributed by atoms with van der Waals surface area (Å²) in [6.45, 7) is 0. The van der Waals surface area contributed by atoms with Crippen molar-refractivity contribution in [3.63, 3.8) is 0 Å². The number of ether oxygens (including phenoxy) is 2. The summed E-state index contributed by atoms with van der Waals surface area (Å²) in [4.78, 5) is 13.4. The summed E-state index contributed by atoms with van der Waals surface area (Å²) in [7, 11) is 0. The molecule has 0 saturated carbocycles. The Hall–Kier alpha value is -6.35. The van der Waals surface area contributed by atoms with E-state index in [2.05, 4.69) is 39.2 Å². The first kappa shape index (κ1) is 25.4. The number of benzene rings is 2. The maximum absolute atomic E-state index is 6.43. The predicted molar refractivity (Wildman–Crippen MR) is 171 cm³/mol. The van der Waals surface area contributed by atoms with Crippen molar-refractivity contribution in [3.05, 3.63) is 128 Å². The molecule has 9 nitrogen and oxygen atoms in total. The molecule has 0 radical (unpaired) electrons. The van der Waals surface area contributed by atoms with E-state index < -0.39 is 0 Å². The fourth-order valence-corrected chi connectivity index (χ4v) is 5.63. The van der Waals surface area contributed by atoms with Crippen LogP contribution in [0, 0.1) is 0 Å². The molecule has 0 aliphatic carbocycles. The van der Waals surface area contributed by atoms with Gasteiger partial charge in [0.2, 0.25) is 23.5 Å². The van der Waals surface area contributed by atoms with E-state index in [9.17, 15) is 0 Å². The predicted octanol–water partition coefficient (Wildman–Crippen LogP) is 7.56. The number of hydrogen-bond donors (Lipinski definition) is 2. The van der Waals surface area contributed by atoms with E-state index in [-0.39, 0.29) is 0 Å². The summed E-state index contributed by atoms with van der Waals surface area (Å²) in [5.41, 5.74) is 20.2. The van der Waals surface area contributed by atoms with Crippen molar-refractivity contribution in [2.75, 3.05) is 11.5 Å². The SMILES string of the molecule is Nc1ccc(-c2ccccc2)c2ccc(Oc3ncnc(Oc4ccc5c(-c6ccccc6)ccc(N)n45)c4cncc3-4)n12. The van der Waals surface area contributed by atoms with Crippen LogP contribution in [0.15, 0.2) is 128 Å². The van der Waals surface area contributed by atoms with Crippen LogP contribution in [0.2, 0.25) is 0 Å². The van der Waals surface area contributed by atoms with Crippen molar-refractivity contribution < 1.29 is 9.47 Å². The van der Waals surface area contributed by atoms with Gasteiger partial charge in [-0.3, -0.25) is 13.8 Å². The van der Waals surface area contributed by atoms with Gasteiger partial charge in [0.05, 0.1) is 22.2 Å². The lowest BCUT2D eigenvalue weighted by Gasteiger charge is -2.12. The Morgan fingerprint density at radius 1 is 0.477 bits per heavy atom. The number of aromatic nitrogens is 5. The number of fused-ring (bicyclic) bond motifs is 3. The maximum Gasteiger partial charge on any atom is 0.232 e. The van der Waals surface area contributed by atoms with Crippen molar-refractivity contribution >= 4 is 22.7 Å². The largest absolute Gasteiger partial charge is 0.421 e. The molecule has 0 amide bonds. The van der Waals surface area contributed by atoms with Gasteiger partial charge in [-0.2, -0.15) is 0 Å². The van der Waals surface area contributed by atoms with Crippen LogP contribution in [-0.2, 0) is 0 Å². The first-order valence-electron chi connectivity index (χ1n) is 14.0. The zero-order valence-electron chi connectivity index (χ0n) is 23.3. The zero-order chi connectivity index (χ0) is 29.6. The summed E-state index contributed by atoms with van der Waals surface area (Å²) >= 11 is 0. The van der Waals surface area contributed by atoms with E-state index in [1.54, 1.807) is 12.4 Å². The van der Waals surface area contributed by atoms with E-state index in [1.165, 1.54) is 6.33 Å². The van der Waals surface area contributed by atoms with Crippen LogP contribution in [0.3, 0.4) is 0 Å². The van der Waals surface area contributed by atoms with Gasteiger partial charge >= 0.3 is 0 Å². The van der Waals surface area contributed by atoms with Crippen LogP contribution in [0.5, 0.6) is 23.5 Å². The smallest absolute Gasteiger partial charge is 0.232 e. The van der Waals surface area contributed by atoms with Crippen LogP contribution < -0.4 is 20.9 Å². The lowest BCUT2D eigenvalue weighted by Crippen LogP contribution is -2.00. The topological polar surface area (TPSA) is 118 Å². The maximum atomic E-state index is 6.43. The first-order chi connectivity index (χ1) is 21.7. The van der Waals surface area contributed by atoms with E-state index in [0.717, 1.165) is 33.3 Å². The molecule has 0 atom stereocenters. The van der Waals surface area contributed by atoms with Gasteiger partial charge in [-0.1, -0.05) is 60.7 Å². The van der Waals surface area contributed by atoms with Crippen molar-refractivity contribution in [1.29, 1.82) is 0 Å². The molecule has 0 spiro atoms. The fourth-order valence-electron chi connectivity index (χ4n) is 5.63. The minimum atomic E-state index is 0.315. The van der Waals surface area contributed by atoms with Gasteiger partial charge in [0.15, 0.2) is 0 Å². The van der Waals surface area contributed by atoms with E-state index >= 15 is 0 Å². The Morgan fingerprint density at radius 3 is 1.39 bits per heavy atom. The van der Waals surface area contributed by atoms with Gasteiger partial charge in [-0.05, 0) is 47.5 Å². The van der Waals surface area contributed by atoms with Gasteiger partial charge < -0.3 is 20.9 Å². The Morgan fingerprint density at radius 2 is 0.932 bits per heavy atom. The van der Waals surface area contributed by atoms with Crippen molar-refractivity contribution in [1.82, 2.24) is 23.8 Å². The molecule has 4 N–H and O–H groups in total. The summed E-state index contributed by atoms with van der Waals surface area (Å²) in [5.74, 6) is 2.72. The highest BCUT2D eigenvalue weighted by molar-refractivity contribution is 5.84. The number of pyridine rings is 2. The summed E-state index contributed by atoms with van der Waals surface area (Å²) in [5, 5.41) is 0. The second kappa shape index (κ2) is 10.2. The molecular formula is C35H25N7O2. The first-order valence-corrected chi connectivity index (χ1v) is 14.0. The quantitative estimate of drug-likeness (QED) is 0.210. The highest BCUT2D eigenvalue weighted by Gasteiger charge is 2.21. The molecule has 2 aliphatic heterocycles. The van der Waals surface area contributed by atoms with Crippen LogP contribution in [0.25, 0.3) is 44.4 Å². The lowest BCUT2D eigenvalue weighted by atomic mass is 10.1. The number of rotatable bonds is 6. The van der Waals surface area contributed by atoms with Crippen molar-refractivity contribution in [2.45, 2.75) is 0 Å². The summed E-state index contributed by atoms with van der Waals surface area (Å²) < 4.78 is 16.5. The molecule has 0 fully saturated rings. The van der Waals surface area contributed by atoms with Crippen LogP contribution in [0.4, 0.5) is 11.6 Å². The molecule has 6 heterocycles. The highest BCUT2D eigenvalue weighted by atomic mass is 16.5. The van der Waals surface area contributed by atoms with Gasteiger partial charge in [0.1, 0.15) is 18.0 Å². The number of nitrogens with two attached hydrogens (primary N) is 2. The van der Waals surface area contributed by atoms with Gasteiger partial charge in [-0.15, -0.1) is 0 Å². The van der Waals surface area contributed by atoms with Crippen LogP contribution in [0.1, 0.15) is 0 Å². The number of nitrogens with zero attached hydrogens (tertiary/aromatic N) is 5. The third kappa shape index (κ3) is 4.14. The third-order valence-electron chi connectivity index (χ3n) is 7.68. The minimum absolute atomic E-state index is 0.315. The standard InChI is InChI=1S/C35H25N7O2/c36-30-15-11-24(22-7-3-1-4-8-22)28-13-17-32(41(28)30)43-34-26-19-38-20-27(26)35(40-21-39-34)44-33-18-14-29-25(12-16-31(37)42(29)33)23-9-5-2-6-10-23/h1-21H,36-37H2. The monoisotopic (exact) mass is 575 g/mol. The highest BCUT2D eigenvalue weighted by Crippen LogP contribution is 2.41. The zero-order valence-corrected chi connectivity index (χ0v) is 23.3. The average molecular weight is 576 g/mol. The van der Waals surface area contributed by atoms with Crippen molar-refractivity contribution in [2.24, 2.45) is 0 Å². The molecule has 212 valence electrons. The van der Waals surface area contributed by atoms with Gasteiger partial charge in [-0.25, -0.2) is 9.97 Å². The van der Waals surface area contributed by atoms with E-state index in [0.29, 0.717) is 46.3 Å². The number of anilines is 2. The molecule has 6 aromatic rings. The second-order valence-corrected chi connectivity index (χ2v) is 10.3. The molecule has 44 heavy (non-hydrogen) atoms.